The second-order valence-electron chi connectivity index (χ2n) is 5.27. The highest BCUT2D eigenvalue weighted by Crippen LogP contribution is 2.18. The average Bonchev–Trinajstić information content (AvgIpc) is 2.95. The minimum absolute atomic E-state index is 0.346. The van der Waals surface area contributed by atoms with Crippen molar-refractivity contribution in [2.45, 2.75) is 19.4 Å². The van der Waals surface area contributed by atoms with Crippen LogP contribution in [0, 0.1) is 0 Å². The molecule has 2 N–H and O–H groups in total. The van der Waals surface area contributed by atoms with Crippen molar-refractivity contribution in [2.24, 2.45) is 0 Å². The van der Waals surface area contributed by atoms with Crippen molar-refractivity contribution in [3.63, 3.8) is 0 Å². The molecule has 1 atom stereocenters. The molecule has 4 nitrogen and oxygen atoms in total. The zero-order valence-corrected chi connectivity index (χ0v) is 12.3. The van der Waals surface area contributed by atoms with E-state index in [-0.39, 0.29) is 0 Å². The first-order valence-corrected chi connectivity index (χ1v) is 7.07. The molecule has 3 rings (SSSR count). The summed E-state index contributed by atoms with van der Waals surface area (Å²) in [5, 5.41) is 11.7. The summed E-state index contributed by atoms with van der Waals surface area (Å²) in [6.07, 6.45) is 2.80. The molecule has 108 valence electrons. The Morgan fingerprint density at radius 1 is 1.19 bits per heavy atom. The largest absolute Gasteiger partial charge is 0.497 e. The van der Waals surface area contributed by atoms with Crippen LogP contribution in [0.3, 0.4) is 0 Å². The summed E-state index contributed by atoms with van der Waals surface area (Å²) in [5.41, 5.74) is 3.45. The minimum Gasteiger partial charge on any atom is -0.497 e. The standard InChI is InChI=1S/C17H19N3O/c1-12(9-13-3-7-16(21-2)8-4-13)19-15-6-5-14-11-18-20-17(14)10-15/h3-8,10-12,19H,9H2,1-2H3,(H,18,20). The van der Waals surface area contributed by atoms with Crippen LogP contribution < -0.4 is 10.1 Å². The van der Waals surface area contributed by atoms with E-state index in [2.05, 4.69) is 52.8 Å². The average molecular weight is 281 g/mol. The maximum atomic E-state index is 5.18. The van der Waals surface area contributed by atoms with Gasteiger partial charge in [0.1, 0.15) is 5.75 Å². The molecule has 0 aliphatic rings. The van der Waals surface area contributed by atoms with E-state index in [1.54, 1.807) is 7.11 Å². The molecule has 2 aromatic carbocycles. The number of H-pyrrole nitrogens is 1. The molecule has 4 heteroatoms. The highest BCUT2D eigenvalue weighted by atomic mass is 16.5. The van der Waals surface area contributed by atoms with E-state index in [4.69, 9.17) is 4.74 Å². The van der Waals surface area contributed by atoms with Gasteiger partial charge in [-0.2, -0.15) is 5.10 Å². The summed E-state index contributed by atoms with van der Waals surface area (Å²) in [6.45, 7) is 2.18. The van der Waals surface area contributed by atoms with Gasteiger partial charge in [-0.25, -0.2) is 0 Å². The lowest BCUT2D eigenvalue weighted by Gasteiger charge is -2.15. The van der Waals surface area contributed by atoms with E-state index in [1.807, 2.05) is 18.3 Å². The summed E-state index contributed by atoms with van der Waals surface area (Å²) in [7, 11) is 1.69. The highest BCUT2D eigenvalue weighted by molar-refractivity contribution is 5.81. The van der Waals surface area contributed by atoms with Gasteiger partial charge >= 0.3 is 0 Å². The zero-order valence-electron chi connectivity index (χ0n) is 12.3. The van der Waals surface area contributed by atoms with E-state index in [9.17, 15) is 0 Å². The highest BCUT2D eigenvalue weighted by Gasteiger charge is 2.05. The van der Waals surface area contributed by atoms with Crippen molar-refractivity contribution in [1.29, 1.82) is 0 Å². The van der Waals surface area contributed by atoms with Gasteiger partial charge in [0.2, 0.25) is 0 Å². The monoisotopic (exact) mass is 281 g/mol. The molecule has 0 aliphatic heterocycles. The van der Waals surface area contributed by atoms with Gasteiger partial charge in [-0.05, 0) is 49.2 Å². The third-order valence-electron chi connectivity index (χ3n) is 3.56. The molecule has 0 aliphatic carbocycles. The number of hydrogen-bond donors (Lipinski definition) is 2. The number of aromatic amines is 1. The molecule has 1 aromatic heterocycles. The fraction of sp³-hybridized carbons (Fsp3) is 0.235. The Balaban J connectivity index is 1.65. The predicted molar refractivity (Wildman–Crippen MR) is 85.9 cm³/mol. The number of aromatic nitrogens is 2. The Hall–Kier alpha value is -2.49. The van der Waals surface area contributed by atoms with Crippen molar-refractivity contribution in [1.82, 2.24) is 10.2 Å². The molecule has 1 unspecified atom stereocenters. The summed E-state index contributed by atoms with van der Waals surface area (Å²) in [6, 6.07) is 14.8. The second kappa shape index (κ2) is 5.87. The summed E-state index contributed by atoms with van der Waals surface area (Å²) >= 11 is 0. The number of benzene rings is 2. The fourth-order valence-corrected chi connectivity index (χ4v) is 2.48. The van der Waals surface area contributed by atoms with Gasteiger partial charge in [-0.15, -0.1) is 0 Å². The molecular weight excluding hydrogens is 262 g/mol. The number of methoxy groups -OCH3 is 1. The quantitative estimate of drug-likeness (QED) is 0.751. The van der Waals surface area contributed by atoms with E-state index in [0.29, 0.717) is 6.04 Å². The molecule has 0 spiro atoms. The SMILES string of the molecule is COc1ccc(CC(C)Nc2ccc3cn[nH]c3c2)cc1. The minimum atomic E-state index is 0.346. The van der Waals surface area contributed by atoms with E-state index in [1.165, 1.54) is 5.56 Å². The first-order valence-electron chi connectivity index (χ1n) is 7.07. The van der Waals surface area contributed by atoms with Gasteiger partial charge in [0.15, 0.2) is 0 Å². The smallest absolute Gasteiger partial charge is 0.118 e. The third kappa shape index (κ3) is 3.16. The lowest BCUT2D eigenvalue weighted by molar-refractivity contribution is 0.414. The summed E-state index contributed by atoms with van der Waals surface area (Å²) in [5.74, 6) is 0.893. The van der Waals surface area contributed by atoms with Crippen LogP contribution in [0.25, 0.3) is 10.9 Å². The lowest BCUT2D eigenvalue weighted by atomic mass is 10.1. The van der Waals surface area contributed by atoms with Crippen LogP contribution in [-0.2, 0) is 6.42 Å². The number of nitrogens with one attached hydrogen (secondary N) is 2. The Kier molecular flexibility index (Phi) is 3.77. The van der Waals surface area contributed by atoms with Crippen molar-refractivity contribution in [3.8, 4) is 5.75 Å². The van der Waals surface area contributed by atoms with Crippen LogP contribution in [0.4, 0.5) is 5.69 Å². The molecule has 0 amide bonds. The van der Waals surface area contributed by atoms with Crippen molar-refractivity contribution >= 4 is 16.6 Å². The van der Waals surface area contributed by atoms with Crippen LogP contribution in [0.1, 0.15) is 12.5 Å². The molecule has 0 saturated heterocycles. The Labute approximate surface area is 124 Å². The zero-order chi connectivity index (χ0) is 14.7. The maximum absolute atomic E-state index is 5.18. The van der Waals surface area contributed by atoms with Crippen LogP contribution >= 0.6 is 0 Å². The molecule has 0 bridgehead atoms. The molecule has 3 aromatic rings. The molecule has 0 radical (unpaired) electrons. The topological polar surface area (TPSA) is 49.9 Å². The van der Waals surface area contributed by atoms with Crippen LogP contribution in [0.2, 0.25) is 0 Å². The first-order chi connectivity index (χ1) is 10.2. The van der Waals surface area contributed by atoms with Crippen LogP contribution in [0.5, 0.6) is 5.75 Å². The Morgan fingerprint density at radius 2 is 2.00 bits per heavy atom. The predicted octanol–water partition coefficient (Wildman–Crippen LogP) is 3.61. The molecule has 1 heterocycles. The van der Waals surface area contributed by atoms with Crippen LogP contribution in [0.15, 0.2) is 48.7 Å². The molecule has 0 fully saturated rings. The molecular formula is C17H19N3O. The third-order valence-corrected chi connectivity index (χ3v) is 3.56. The summed E-state index contributed by atoms with van der Waals surface area (Å²) in [4.78, 5) is 0. The van der Waals surface area contributed by atoms with Crippen LogP contribution in [-0.4, -0.2) is 23.3 Å². The van der Waals surface area contributed by atoms with Crippen molar-refractivity contribution in [2.75, 3.05) is 12.4 Å². The number of nitrogens with zero attached hydrogens (tertiary/aromatic N) is 1. The van der Waals surface area contributed by atoms with Gasteiger partial charge in [0.05, 0.1) is 18.8 Å². The Morgan fingerprint density at radius 3 is 2.76 bits per heavy atom. The summed E-state index contributed by atoms with van der Waals surface area (Å²) < 4.78 is 5.18. The number of anilines is 1. The van der Waals surface area contributed by atoms with Crippen molar-refractivity contribution in [3.05, 3.63) is 54.2 Å². The van der Waals surface area contributed by atoms with Gasteiger partial charge in [-0.3, -0.25) is 5.10 Å². The molecule has 0 saturated carbocycles. The Bertz CT molecular complexity index is 718. The van der Waals surface area contributed by atoms with E-state index < -0.39 is 0 Å². The normalized spacial score (nSPS) is 12.3. The number of ether oxygens (including phenoxy) is 1. The second-order valence-corrected chi connectivity index (χ2v) is 5.27. The first kappa shape index (κ1) is 13.5. The van der Waals surface area contributed by atoms with Crippen molar-refractivity contribution < 1.29 is 4.74 Å². The molecule has 21 heavy (non-hydrogen) atoms. The van der Waals surface area contributed by atoms with Gasteiger partial charge in [0.25, 0.3) is 0 Å². The lowest BCUT2D eigenvalue weighted by Crippen LogP contribution is -2.17. The number of rotatable bonds is 5. The maximum Gasteiger partial charge on any atom is 0.118 e. The fourth-order valence-electron chi connectivity index (χ4n) is 2.48. The van der Waals surface area contributed by atoms with Gasteiger partial charge in [0, 0.05) is 17.1 Å². The number of hydrogen-bond acceptors (Lipinski definition) is 3. The number of fused-ring (bicyclic) bond motifs is 1. The van der Waals surface area contributed by atoms with E-state index >= 15 is 0 Å². The van der Waals surface area contributed by atoms with Gasteiger partial charge < -0.3 is 10.1 Å². The van der Waals surface area contributed by atoms with E-state index in [0.717, 1.165) is 28.8 Å². The van der Waals surface area contributed by atoms with Gasteiger partial charge in [-0.1, -0.05) is 12.1 Å².